The first-order chi connectivity index (χ1) is 13.5. The van der Waals surface area contributed by atoms with Crippen molar-refractivity contribution in [2.45, 2.75) is 6.92 Å². The second-order valence-corrected chi connectivity index (χ2v) is 5.88. The van der Waals surface area contributed by atoms with Gasteiger partial charge in [-0.05, 0) is 37.3 Å². The first-order valence-electron chi connectivity index (χ1n) is 8.38. The summed E-state index contributed by atoms with van der Waals surface area (Å²) in [5.74, 6) is 1.19. The molecule has 28 heavy (non-hydrogen) atoms. The second-order valence-electron chi connectivity index (χ2n) is 5.88. The normalized spacial score (nSPS) is 10.2. The Kier molecular flexibility index (Phi) is 5.59. The van der Waals surface area contributed by atoms with Gasteiger partial charge in [0.25, 0.3) is 11.8 Å². The summed E-state index contributed by atoms with van der Waals surface area (Å²) in [4.78, 5) is 24.9. The van der Waals surface area contributed by atoms with Crippen LogP contribution in [0.3, 0.4) is 0 Å². The van der Waals surface area contributed by atoms with Gasteiger partial charge in [0.05, 0.1) is 14.2 Å². The lowest BCUT2D eigenvalue weighted by molar-refractivity contribution is 0.102. The van der Waals surface area contributed by atoms with E-state index in [0.29, 0.717) is 39.9 Å². The minimum absolute atomic E-state index is 0.308. The van der Waals surface area contributed by atoms with Crippen LogP contribution in [0.25, 0.3) is 0 Å². The Morgan fingerprint density at radius 2 is 1.57 bits per heavy atom. The summed E-state index contributed by atoms with van der Waals surface area (Å²) in [5.41, 5.74) is 1.19. The molecule has 144 valence electrons. The van der Waals surface area contributed by atoms with Crippen LogP contribution in [0.2, 0.25) is 0 Å². The molecule has 0 saturated heterocycles. The Morgan fingerprint density at radius 1 is 0.893 bits per heavy atom. The van der Waals surface area contributed by atoms with Crippen LogP contribution in [0.1, 0.15) is 26.5 Å². The zero-order valence-electron chi connectivity index (χ0n) is 15.6. The van der Waals surface area contributed by atoms with Crippen LogP contribution in [-0.2, 0) is 0 Å². The fourth-order valence-corrected chi connectivity index (χ4v) is 2.53. The van der Waals surface area contributed by atoms with E-state index in [9.17, 15) is 9.59 Å². The lowest BCUT2D eigenvalue weighted by atomic mass is 10.1. The molecule has 0 unspecified atom stereocenters. The summed E-state index contributed by atoms with van der Waals surface area (Å²) >= 11 is 0. The molecular weight excluding hydrogens is 362 g/mol. The number of rotatable bonds is 6. The average molecular weight is 381 g/mol. The minimum atomic E-state index is -0.394. The second kappa shape index (κ2) is 8.26. The molecule has 1 heterocycles. The van der Waals surface area contributed by atoms with E-state index in [1.165, 1.54) is 20.3 Å². The molecule has 0 fully saturated rings. The summed E-state index contributed by atoms with van der Waals surface area (Å²) in [6.45, 7) is 1.72. The first kappa shape index (κ1) is 19.0. The lowest BCUT2D eigenvalue weighted by Crippen LogP contribution is -2.15. The quantitative estimate of drug-likeness (QED) is 0.677. The van der Waals surface area contributed by atoms with Gasteiger partial charge < -0.3 is 24.6 Å². The zero-order chi connectivity index (χ0) is 20.1. The SMILES string of the molecule is COc1ccc(NC(=O)c2cccc(C(=O)Nc3cc(C)on3)c2)cc1OC. The molecule has 0 bridgehead atoms. The summed E-state index contributed by atoms with van der Waals surface area (Å²) in [7, 11) is 3.05. The third-order valence-corrected chi connectivity index (χ3v) is 3.90. The number of benzene rings is 2. The molecule has 2 amide bonds. The zero-order valence-corrected chi connectivity index (χ0v) is 15.6. The van der Waals surface area contributed by atoms with E-state index in [0.717, 1.165) is 0 Å². The van der Waals surface area contributed by atoms with Crippen LogP contribution in [0.15, 0.2) is 53.1 Å². The Morgan fingerprint density at radius 3 is 2.18 bits per heavy atom. The first-order valence-corrected chi connectivity index (χ1v) is 8.38. The minimum Gasteiger partial charge on any atom is -0.493 e. The molecular formula is C20H19N3O5. The molecule has 2 N–H and O–H groups in total. The number of aromatic nitrogens is 1. The van der Waals surface area contributed by atoms with Gasteiger partial charge in [-0.25, -0.2) is 0 Å². The monoisotopic (exact) mass is 381 g/mol. The molecule has 3 aromatic rings. The number of nitrogens with zero attached hydrogens (tertiary/aromatic N) is 1. The number of ether oxygens (including phenoxy) is 2. The molecule has 0 aliphatic carbocycles. The molecule has 0 aliphatic heterocycles. The van der Waals surface area contributed by atoms with E-state index in [1.807, 2.05) is 0 Å². The lowest BCUT2D eigenvalue weighted by Gasteiger charge is -2.11. The van der Waals surface area contributed by atoms with E-state index in [-0.39, 0.29) is 5.91 Å². The topological polar surface area (TPSA) is 103 Å². The van der Waals surface area contributed by atoms with Crippen molar-refractivity contribution in [2.24, 2.45) is 0 Å². The van der Waals surface area contributed by atoms with Gasteiger partial charge in [0.1, 0.15) is 5.76 Å². The number of methoxy groups -OCH3 is 2. The number of aryl methyl sites for hydroxylation is 1. The number of hydrogen-bond donors (Lipinski definition) is 2. The predicted octanol–water partition coefficient (Wildman–Crippen LogP) is 3.50. The number of hydrogen-bond acceptors (Lipinski definition) is 6. The highest BCUT2D eigenvalue weighted by Crippen LogP contribution is 2.29. The van der Waals surface area contributed by atoms with Gasteiger partial charge in [0, 0.05) is 28.9 Å². The van der Waals surface area contributed by atoms with Crippen LogP contribution >= 0.6 is 0 Å². The Labute approximate surface area is 161 Å². The standard InChI is InChI=1S/C20H19N3O5/c1-12-9-18(23-28-12)22-20(25)14-6-4-5-13(10-14)19(24)21-15-7-8-16(26-2)17(11-15)27-3/h4-11H,1-3H3,(H,21,24)(H,22,23,25). The predicted molar refractivity (Wildman–Crippen MR) is 103 cm³/mol. The van der Waals surface area contributed by atoms with Gasteiger partial charge in [0.2, 0.25) is 0 Å². The van der Waals surface area contributed by atoms with E-state index in [1.54, 1.807) is 49.4 Å². The largest absolute Gasteiger partial charge is 0.493 e. The smallest absolute Gasteiger partial charge is 0.256 e. The summed E-state index contributed by atoms with van der Waals surface area (Å²) in [6.07, 6.45) is 0. The molecule has 1 aromatic heterocycles. The van der Waals surface area contributed by atoms with Gasteiger partial charge in [-0.15, -0.1) is 0 Å². The maximum Gasteiger partial charge on any atom is 0.256 e. The highest BCUT2D eigenvalue weighted by molar-refractivity contribution is 6.08. The molecule has 0 spiro atoms. The van der Waals surface area contributed by atoms with E-state index < -0.39 is 5.91 Å². The van der Waals surface area contributed by atoms with Crippen molar-refractivity contribution in [3.05, 3.63) is 65.4 Å². The van der Waals surface area contributed by atoms with E-state index in [2.05, 4.69) is 15.8 Å². The third kappa shape index (κ3) is 4.29. The van der Waals surface area contributed by atoms with Crippen LogP contribution in [0.4, 0.5) is 11.5 Å². The highest BCUT2D eigenvalue weighted by Gasteiger charge is 2.13. The number of carbonyl (C=O) groups excluding carboxylic acids is 2. The van der Waals surface area contributed by atoms with Crippen molar-refractivity contribution in [3.8, 4) is 11.5 Å². The summed E-state index contributed by atoms with van der Waals surface area (Å²) in [6, 6.07) is 13.0. The maximum absolute atomic E-state index is 12.6. The van der Waals surface area contributed by atoms with E-state index in [4.69, 9.17) is 14.0 Å². The number of amides is 2. The van der Waals surface area contributed by atoms with Crippen LogP contribution in [0, 0.1) is 6.92 Å². The van der Waals surface area contributed by atoms with Gasteiger partial charge in [-0.2, -0.15) is 0 Å². The molecule has 0 aliphatic rings. The average Bonchev–Trinajstić information content (AvgIpc) is 3.12. The number of anilines is 2. The summed E-state index contributed by atoms with van der Waals surface area (Å²) in [5, 5.41) is 9.10. The molecule has 2 aromatic carbocycles. The van der Waals surface area contributed by atoms with Gasteiger partial charge >= 0.3 is 0 Å². The van der Waals surface area contributed by atoms with Crippen molar-refractivity contribution in [1.29, 1.82) is 0 Å². The fraction of sp³-hybridized carbons (Fsp3) is 0.150. The number of carbonyl (C=O) groups is 2. The Balaban J connectivity index is 1.74. The van der Waals surface area contributed by atoms with Crippen molar-refractivity contribution in [3.63, 3.8) is 0 Å². The van der Waals surface area contributed by atoms with E-state index >= 15 is 0 Å². The van der Waals surface area contributed by atoms with Gasteiger partial charge in [0.15, 0.2) is 17.3 Å². The van der Waals surface area contributed by atoms with Crippen LogP contribution in [0.5, 0.6) is 11.5 Å². The maximum atomic E-state index is 12.6. The van der Waals surface area contributed by atoms with Crippen LogP contribution in [-0.4, -0.2) is 31.2 Å². The fourth-order valence-electron chi connectivity index (χ4n) is 2.53. The number of nitrogens with one attached hydrogen (secondary N) is 2. The van der Waals surface area contributed by atoms with Crippen molar-refractivity contribution < 1.29 is 23.6 Å². The Hall–Kier alpha value is -3.81. The molecule has 0 atom stereocenters. The van der Waals surface area contributed by atoms with Gasteiger partial charge in [-0.1, -0.05) is 11.2 Å². The van der Waals surface area contributed by atoms with Crippen molar-refractivity contribution in [2.75, 3.05) is 24.9 Å². The highest BCUT2D eigenvalue weighted by atomic mass is 16.5. The molecule has 8 heteroatoms. The van der Waals surface area contributed by atoms with Crippen LogP contribution < -0.4 is 20.1 Å². The Bertz CT molecular complexity index is 1010. The van der Waals surface area contributed by atoms with Crippen molar-refractivity contribution >= 4 is 23.3 Å². The van der Waals surface area contributed by atoms with Crippen molar-refractivity contribution in [1.82, 2.24) is 5.16 Å². The molecule has 0 saturated carbocycles. The summed E-state index contributed by atoms with van der Waals surface area (Å²) < 4.78 is 15.3. The molecule has 3 rings (SSSR count). The molecule has 0 radical (unpaired) electrons. The van der Waals surface area contributed by atoms with Gasteiger partial charge in [-0.3, -0.25) is 9.59 Å². The molecule has 8 nitrogen and oxygen atoms in total. The third-order valence-electron chi connectivity index (χ3n) is 3.90.